The van der Waals surface area contributed by atoms with Gasteiger partial charge in [-0.05, 0) is 48.0 Å². The highest BCUT2D eigenvalue weighted by atomic mass is 35.5. The standard InChI is InChI=1S/C21H14Cl2N2O5S/c22-16-7-12(9-20(26)27)8-17(23)21(16)30-13-1-2-18-15(10-13)19(11-25-18)31(28,29)14-3-5-24-6-4-14/h1-8,10-11,25H,9H2,(H,26,27). The highest BCUT2D eigenvalue weighted by molar-refractivity contribution is 7.91. The first-order valence-electron chi connectivity index (χ1n) is 8.89. The van der Waals surface area contributed by atoms with Gasteiger partial charge in [0.1, 0.15) is 5.75 Å². The Morgan fingerprint density at radius 3 is 2.39 bits per heavy atom. The monoisotopic (exact) mass is 476 g/mol. The van der Waals surface area contributed by atoms with Gasteiger partial charge in [-0.15, -0.1) is 0 Å². The highest BCUT2D eigenvalue weighted by Gasteiger charge is 2.22. The topological polar surface area (TPSA) is 109 Å². The minimum absolute atomic E-state index is 0.0909. The molecule has 7 nitrogen and oxygen atoms in total. The number of nitrogens with zero attached hydrogens (tertiary/aromatic N) is 1. The lowest BCUT2D eigenvalue weighted by Gasteiger charge is -2.11. The summed E-state index contributed by atoms with van der Waals surface area (Å²) in [5.41, 5.74) is 1.04. The molecule has 158 valence electrons. The Morgan fingerprint density at radius 2 is 1.74 bits per heavy atom. The minimum atomic E-state index is -3.78. The lowest BCUT2D eigenvalue weighted by molar-refractivity contribution is -0.136. The first-order chi connectivity index (χ1) is 14.8. The van der Waals surface area contributed by atoms with Crippen LogP contribution in [0.25, 0.3) is 10.9 Å². The fraction of sp³-hybridized carbons (Fsp3) is 0.0476. The van der Waals surface area contributed by atoms with Crippen LogP contribution in [0.5, 0.6) is 11.5 Å². The second kappa shape index (κ2) is 8.22. The summed E-state index contributed by atoms with van der Waals surface area (Å²) in [4.78, 5) is 17.9. The summed E-state index contributed by atoms with van der Waals surface area (Å²) in [6.07, 6.45) is 4.01. The van der Waals surface area contributed by atoms with E-state index in [-0.39, 0.29) is 32.0 Å². The van der Waals surface area contributed by atoms with Crippen molar-refractivity contribution < 1.29 is 23.1 Å². The van der Waals surface area contributed by atoms with Crippen LogP contribution in [0, 0.1) is 0 Å². The van der Waals surface area contributed by atoms with Crippen LogP contribution in [0.2, 0.25) is 10.0 Å². The molecule has 2 N–H and O–H groups in total. The van der Waals surface area contributed by atoms with Crippen LogP contribution in [0.15, 0.2) is 70.8 Å². The molecule has 0 amide bonds. The number of rotatable bonds is 6. The zero-order valence-electron chi connectivity index (χ0n) is 15.7. The van der Waals surface area contributed by atoms with Crippen LogP contribution in [-0.4, -0.2) is 29.5 Å². The number of carboxylic acid groups (broad SMARTS) is 1. The van der Waals surface area contributed by atoms with Crippen LogP contribution in [0.3, 0.4) is 0 Å². The summed E-state index contributed by atoms with van der Waals surface area (Å²) in [6.45, 7) is 0. The first-order valence-corrected chi connectivity index (χ1v) is 11.1. The SMILES string of the molecule is O=C(O)Cc1cc(Cl)c(Oc2ccc3[nH]cc(S(=O)(=O)c4ccncc4)c3c2)c(Cl)c1. The van der Waals surface area contributed by atoms with Crippen molar-refractivity contribution in [2.24, 2.45) is 0 Å². The van der Waals surface area contributed by atoms with Crippen molar-refractivity contribution in [1.29, 1.82) is 0 Å². The molecule has 2 heterocycles. The molecule has 10 heteroatoms. The zero-order chi connectivity index (χ0) is 22.2. The average Bonchev–Trinajstić information content (AvgIpc) is 3.15. The molecule has 0 spiro atoms. The van der Waals surface area contributed by atoms with Crippen molar-refractivity contribution in [1.82, 2.24) is 9.97 Å². The van der Waals surface area contributed by atoms with Gasteiger partial charge in [-0.1, -0.05) is 23.2 Å². The third-order valence-electron chi connectivity index (χ3n) is 4.50. The van der Waals surface area contributed by atoms with Gasteiger partial charge in [-0.25, -0.2) is 8.42 Å². The molecule has 0 atom stereocenters. The molecule has 0 saturated heterocycles. The van der Waals surface area contributed by atoms with E-state index < -0.39 is 15.8 Å². The number of fused-ring (bicyclic) bond motifs is 1. The first kappa shape index (κ1) is 21.2. The molecule has 4 rings (SSSR count). The number of nitrogens with one attached hydrogen (secondary N) is 1. The number of hydrogen-bond donors (Lipinski definition) is 2. The largest absolute Gasteiger partial charge is 0.481 e. The fourth-order valence-electron chi connectivity index (χ4n) is 3.11. The summed E-state index contributed by atoms with van der Waals surface area (Å²) >= 11 is 12.5. The predicted octanol–water partition coefficient (Wildman–Crippen LogP) is 5.12. The van der Waals surface area contributed by atoms with E-state index in [1.54, 1.807) is 18.2 Å². The van der Waals surface area contributed by atoms with E-state index in [9.17, 15) is 13.2 Å². The van der Waals surface area contributed by atoms with Gasteiger partial charge in [0, 0.05) is 29.5 Å². The Labute approximate surface area is 187 Å². The summed E-state index contributed by atoms with van der Waals surface area (Å²) < 4.78 is 31.9. The van der Waals surface area contributed by atoms with Gasteiger partial charge >= 0.3 is 5.97 Å². The summed E-state index contributed by atoms with van der Waals surface area (Å²) in [6, 6.07) is 10.7. The van der Waals surface area contributed by atoms with Gasteiger partial charge in [-0.3, -0.25) is 9.78 Å². The fourth-order valence-corrected chi connectivity index (χ4v) is 5.12. The number of hydrogen-bond acceptors (Lipinski definition) is 5. The van der Waals surface area contributed by atoms with Gasteiger partial charge in [0.2, 0.25) is 9.84 Å². The third-order valence-corrected chi connectivity index (χ3v) is 6.87. The molecule has 4 aromatic rings. The normalized spacial score (nSPS) is 11.5. The van der Waals surface area contributed by atoms with Gasteiger partial charge in [0.05, 0.1) is 26.3 Å². The lowest BCUT2D eigenvalue weighted by Crippen LogP contribution is -2.01. The van der Waals surface area contributed by atoms with Crippen LogP contribution >= 0.6 is 23.2 Å². The summed E-state index contributed by atoms with van der Waals surface area (Å²) in [5, 5.41) is 9.65. The molecule has 0 fully saturated rings. The molecule has 0 radical (unpaired) electrons. The van der Waals surface area contributed by atoms with E-state index in [1.165, 1.54) is 42.9 Å². The Bertz CT molecular complexity index is 1380. The number of carbonyl (C=O) groups is 1. The van der Waals surface area contributed by atoms with Crippen molar-refractivity contribution in [3.05, 3.63) is 76.7 Å². The van der Waals surface area contributed by atoms with E-state index in [2.05, 4.69) is 9.97 Å². The third kappa shape index (κ3) is 4.23. The molecule has 0 bridgehead atoms. The number of halogens is 2. The Hall–Kier alpha value is -3.07. The molecular weight excluding hydrogens is 463 g/mol. The van der Waals surface area contributed by atoms with Crippen molar-refractivity contribution in [2.45, 2.75) is 16.2 Å². The maximum absolute atomic E-state index is 13.0. The van der Waals surface area contributed by atoms with Gasteiger partial charge < -0.3 is 14.8 Å². The Kier molecular flexibility index (Phi) is 5.62. The van der Waals surface area contributed by atoms with Gasteiger partial charge in [0.25, 0.3) is 0 Å². The maximum Gasteiger partial charge on any atom is 0.307 e. The van der Waals surface area contributed by atoms with E-state index in [0.29, 0.717) is 22.2 Å². The summed E-state index contributed by atoms with van der Waals surface area (Å²) in [7, 11) is -3.78. The molecule has 2 aromatic heterocycles. The number of benzene rings is 2. The predicted molar refractivity (Wildman–Crippen MR) is 116 cm³/mol. The zero-order valence-corrected chi connectivity index (χ0v) is 18.0. The highest BCUT2D eigenvalue weighted by Crippen LogP contribution is 2.39. The number of H-pyrrole nitrogens is 1. The smallest absolute Gasteiger partial charge is 0.307 e. The van der Waals surface area contributed by atoms with Gasteiger partial charge in [0.15, 0.2) is 5.75 Å². The Morgan fingerprint density at radius 1 is 1.06 bits per heavy atom. The molecule has 0 aliphatic heterocycles. The number of pyridine rings is 1. The van der Waals surface area contributed by atoms with Crippen LogP contribution in [0.1, 0.15) is 5.56 Å². The molecule has 0 unspecified atom stereocenters. The number of ether oxygens (including phenoxy) is 1. The number of carboxylic acids is 1. The molecule has 0 saturated carbocycles. The Balaban J connectivity index is 1.73. The lowest BCUT2D eigenvalue weighted by atomic mass is 10.1. The van der Waals surface area contributed by atoms with Crippen molar-refractivity contribution >= 4 is 49.9 Å². The molecule has 0 aliphatic rings. The van der Waals surface area contributed by atoms with Gasteiger partial charge in [-0.2, -0.15) is 0 Å². The number of sulfone groups is 1. The van der Waals surface area contributed by atoms with E-state index in [0.717, 1.165) is 0 Å². The van der Waals surface area contributed by atoms with Crippen LogP contribution in [0.4, 0.5) is 0 Å². The van der Waals surface area contributed by atoms with Crippen LogP contribution < -0.4 is 4.74 Å². The van der Waals surface area contributed by atoms with Crippen molar-refractivity contribution in [3.63, 3.8) is 0 Å². The quantitative estimate of drug-likeness (QED) is 0.399. The summed E-state index contributed by atoms with van der Waals surface area (Å²) in [5.74, 6) is -0.555. The van der Waals surface area contributed by atoms with E-state index in [4.69, 9.17) is 33.0 Å². The van der Waals surface area contributed by atoms with Crippen molar-refractivity contribution in [3.8, 4) is 11.5 Å². The average molecular weight is 477 g/mol. The number of aromatic amines is 1. The second-order valence-corrected chi connectivity index (χ2v) is 9.34. The maximum atomic E-state index is 13.0. The number of aliphatic carboxylic acids is 1. The second-order valence-electron chi connectivity index (χ2n) is 6.61. The van der Waals surface area contributed by atoms with Crippen LogP contribution in [-0.2, 0) is 21.1 Å². The minimum Gasteiger partial charge on any atom is -0.481 e. The molecule has 0 aliphatic carbocycles. The van der Waals surface area contributed by atoms with Crippen molar-refractivity contribution in [2.75, 3.05) is 0 Å². The van der Waals surface area contributed by atoms with E-state index >= 15 is 0 Å². The molecular formula is C21H14Cl2N2O5S. The van der Waals surface area contributed by atoms with E-state index in [1.807, 2.05) is 0 Å². The number of aromatic nitrogens is 2. The molecule has 31 heavy (non-hydrogen) atoms. The molecule has 2 aromatic carbocycles.